The van der Waals surface area contributed by atoms with E-state index in [2.05, 4.69) is 22.4 Å². The number of nitrogens with zero attached hydrogens (tertiary/aromatic N) is 2. The van der Waals surface area contributed by atoms with Crippen molar-refractivity contribution in [1.29, 1.82) is 5.26 Å². The fourth-order valence-electron chi connectivity index (χ4n) is 2.70. The van der Waals surface area contributed by atoms with Crippen LogP contribution >= 0.6 is 0 Å². The SMILES string of the molecule is N#CCC1(CN=C(N)NC2CCOc3ccccc32)CC1. The van der Waals surface area contributed by atoms with E-state index in [4.69, 9.17) is 15.7 Å². The second-order valence-corrected chi connectivity index (χ2v) is 5.91. The van der Waals surface area contributed by atoms with E-state index in [0.29, 0.717) is 25.5 Å². The van der Waals surface area contributed by atoms with Gasteiger partial charge < -0.3 is 15.8 Å². The Bertz CT molecular complexity index is 586. The number of ether oxygens (including phenoxy) is 1. The molecule has 0 saturated heterocycles. The Labute approximate surface area is 124 Å². The molecule has 1 aromatic rings. The standard InChI is InChI=1S/C16H20N4O/c17-9-8-16(6-7-16)11-19-15(18)20-13-5-10-21-14-4-2-1-3-12(13)14/h1-4,13H,5-8,10-11H2,(H3,18,19,20). The van der Waals surface area contributed by atoms with E-state index in [1.54, 1.807) is 0 Å². The molecule has 0 bridgehead atoms. The van der Waals surface area contributed by atoms with Crippen molar-refractivity contribution < 1.29 is 4.74 Å². The van der Waals surface area contributed by atoms with Gasteiger partial charge in [-0.2, -0.15) is 5.26 Å². The van der Waals surface area contributed by atoms with Gasteiger partial charge in [0, 0.05) is 30.4 Å². The van der Waals surface area contributed by atoms with Gasteiger partial charge in [-0.1, -0.05) is 18.2 Å². The van der Waals surface area contributed by atoms with Crippen molar-refractivity contribution in [2.75, 3.05) is 13.2 Å². The molecule has 0 spiro atoms. The summed E-state index contributed by atoms with van der Waals surface area (Å²) in [6, 6.07) is 10.4. The molecule has 5 nitrogen and oxygen atoms in total. The van der Waals surface area contributed by atoms with Crippen LogP contribution in [0.15, 0.2) is 29.3 Å². The number of guanidine groups is 1. The van der Waals surface area contributed by atoms with Crippen LogP contribution in [0.25, 0.3) is 0 Å². The predicted octanol–water partition coefficient (Wildman–Crippen LogP) is 2.11. The Hall–Kier alpha value is -2.22. The van der Waals surface area contributed by atoms with Gasteiger partial charge in [-0.15, -0.1) is 0 Å². The van der Waals surface area contributed by atoms with E-state index < -0.39 is 0 Å². The van der Waals surface area contributed by atoms with Gasteiger partial charge in [-0.05, 0) is 18.9 Å². The molecule has 0 radical (unpaired) electrons. The zero-order valence-electron chi connectivity index (χ0n) is 12.0. The molecule has 1 aliphatic carbocycles. The maximum absolute atomic E-state index is 8.82. The molecule has 1 heterocycles. The molecule has 1 aromatic carbocycles. The molecule has 1 atom stereocenters. The summed E-state index contributed by atoms with van der Waals surface area (Å²) in [4.78, 5) is 4.44. The summed E-state index contributed by atoms with van der Waals surface area (Å²) in [5.41, 5.74) is 7.22. The normalized spacial score (nSPS) is 22.6. The third-order valence-electron chi connectivity index (χ3n) is 4.28. The minimum atomic E-state index is 0.0919. The van der Waals surface area contributed by atoms with Crippen LogP contribution < -0.4 is 15.8 Å². The number of aliphatic imine (C=N–C) groups is 1. The van der Waals surface area contributed by atoms with Crippen LogP contribution in [0.1, 0.15) is 37.3 Å². The zero-order chi connectivity index (χ0) is 14.7. The number of hydrogen-bond donors (Lipinski definition) is 2. The molecule has 1 saturated carbocycles. The van der Waals surface area contributed by atoms with Crippen molar-refractivity contribution in [2.24, 2.45) is 16.1 Å². The second kappa shape index (κ2) is 5.65. The number of nitrogens with two attached hydrogens (primary N) is 1. The lowest BCUT2D eigenvalue weighted by Gasteiger charge is -2.27. The molecule has 0 aromatic heterocycles. The zero-order valence-corrected chi connectivity index (χ0v) is 12.0. The number of nitriles is 1. The van der Waals surface area contributed by atoms with Gasteiger partial charge in [0.1, 0.15) is 5.75 Å². The van der Waals surface area contributed by atoms with Crippen molar-refractivity contribution >= 4 is 5.96 Å². The van der Waals surface area contributed by atoms with Crippen molar-refractivity contribution in [3.63, 3.8) is 0 Å². The van der Waals surface area contributed by atoms with E-state index in [9.17, 15) is 0 Å². The number of fused-ring (bicyclic) bond motifs is 1. The first-order valence-electron chi connectivity index (χ1n) is 7.38. The highest BCUT2D eigenvalue weighted by Crippen LogP contribution is 2.48. The largest absolute Gasteiger partial charge is 0.493 e. The monoisotopic (exact) mass is 284 g/mol. The number of para-hydroxylation sites is 1. The average molecular weight is 284 g/mol. The molecule has 3 N–H and O–H groups in total. The Kier molecular flexibility index (Phi) is 3.70. The summed E-state index contributed by atoms with van der Waals surface area (Å²) in [6.45, 7) is 1.32. The van der Waals surface area contributed by atoms with Crippen LogP contribution in [-0.4, -0.2) is 19.1 Å². The minimum Gasteiger partial charge on any atom is -0.493 e. The highest BCUT2D eigenvalue weighted by Gasteiger charge is 2.42. The van der Waals surface area contributed by atoms with Gasteiger partial charge >= 0.3 is 0 Å². The molecule has 1 fully saturated rings. The first-order chi connectivity index (χ1) is 10.2. The molecule has 5 heteroatoms. The first-order valence-corrected chi connectivity index (χ1v) is 7.38. The summed E-state index contributed by atoms with van der Waals surface area (Å²) in [6.07, 6.45) is 3.61. The van der Waals surface area contributed by atoms with Gasteiger partial charge in [0.05, 0.1) is 18.7 Å². The third kappa shape index (κ3) is 3.10. The van der Waals surface area contributed by atoms with Crippen molar-refractivity contribution in [3.05, 3.63) is 29.8 Å². The van der Waals surface area contributed by atoms with Crippen LogP contribution in [0.5, 0.6) is 5.75 Å². The molecular weight excluding hydrogens is 264 g/mol. The topological polar surface area (TPSA) is 83.4 Å². The van der Waals surface area contributed by atoms with Gasteiger partial charge in [0.25, 0.3) is 0 Å². The van der Waals surface area contributed by atoms with Crippen LogP contribution in [0, 0.1) is 16.7 Å². The fraction of sp³-hybridized carbons (Fsp3) is 0.500. The van der Waals surface area contributed by atoms with Crippen LogP contribution in [-0.2, 0) is 0 Å². The maximum Gasteiger partial charge on any atom is 0.189 e. The Morgan fingerprint density at radius 1 is 1.48 bits per heavy atom. The average Bonchev–Trinajstić information content (AvgIpc) is 3.26. The lowest BCUT2D eigenvalue weighted by atomic mass is 10.0. The van der Waals surface area contributed by atoms with Gasteiger partial charge in [-0.25, -0.2) is 0 Å². The number of rotatable bonds is 4. The fourth-order valence-corrected chi connectivity index (χ4v) is 2.70. The second-order valence-electron chi connectivity index (χ2n) is 5.91. The summed E-state index contributed by atoms with van der Waals surface area (Å²) < 4.78 is 5.63. The maximum atomic E-state index is 8.82. The summed E-state index contributed by atoms with van der Waals surface area (Å²) >= 11 is 0. The Balaban J connectivity index is 1.63. The Morgan fingerprint density at radius 2 is 2.29 bits per heavy atom. The van der Waals surface area contributed by atoms with E-state index in [0.717, 1.165) is 30.6 Å². The highest BCUT2D eigenvalue weighted by molar-refractivity contribution is 5.78. The van der Waals surface area contributed by atoms with Crippen LogP contribution in [0.3, 0.4) is 0 Å². The van der Waals surface area contributed by atoms with E-state index in [1.165, 1.54) is 0 Å². The number of hydrogen-bond acceptors (Lipinski definition) is 3. The quantitative estimate of drug-likeness (QED) is 0.655. The van der Waals surface area contributed by atoms with E-state index in [1.807, 2.05) is 18.2 Å². The van der Waals surface area contributed by atoms with Gasteiger partial charge in [0.15, 0.2) is 5.96 Å². The lowest BCUT2D eigenvalue weighted by molar-refractivity contribution is 0.262. The smallest absolute Gasteiger partial charge is 0.189 e. The van der Waals surface area contributed by atoms with Crippen LogP contribution in [0.4, 0.5) is 0 Å². The highest BCUT2D eigenvalue weighted by atomic mass is 16.5. The summed E-state index contributed by atoms with van der Waals surface area (Å²) in [7, 11) is 0. The minimum absolute atomic E-state index is 0.0919. The Morgan fingerprint density at radius 3 is 3.05 bits per heavy atom. The molecule has 21 heavy (non-hydrogen) atoms. The molecule has 0 amide bonds. The van der Waals surface area contributed by atoms with Crippen molar-refractivity contribution in [1.82, 2.24) is 5.32 Å². The van der Waals surface area contributed by atoms with Crippen LogP contribution in [0.2, 0.25) is 0 Å². The number of nitrogens with one attached hydrogen (secondary N) is 1. The van der Waals surface area contributed by atoms with Crippen molar-refractivity contribution in [2.45, 2.75) is 31.7 Å². The van der Waals surface area contributed by atoms with Gasteiger partial charge in [0.2, 0.25) is 0 Å². The molecule has 110 valence electrons. The predicted molar refractivity (Wildman–Crippen MR) is 80.8 cm³/mol. The van der Waals surface area contributed by atoms with Gasteiger partial charge in [-0.3, -0.25) is 4.99 Å². The first kappa shape index (κ1) is 13.7. The third-order valence-corrected chi connectivity index (χ3v) is 4.28. The molecule has 3 rings (SSSR count). The van der Waals surface area contributed by atoms with E-state index in [-0.39, 0.29) is 11.5 Å². The molecule has 2 aliphatic rings. The molecule has 1 unspecified atom stereocenters. The molecule has 1 aliphatic heterocycles. The summed E-state index contributed by atoms with van der Waals surface area (Å²) in [5.74, 6) is 1.37. The van der Waals surface area contributed by atoms with E-state index >= 15 is 0 Å². The lowest BCUT2D eigenvalue weighted by Crippen LogP contribution is -2.37. The van der Waals surface area contributed by atoms with Crippen molar-refractivity contribution in [3.8, 4) is 11.8 Å². The number of benzene rings is 1. The summed E-state index contributed by atoms with van der Waals surface area (Å²) in [5, 5.41) is 12.1. The molecular formula is C16H20N4O.